The molecule has 0 radical (unpaired) electrons. The van der Waals surface area contributed by atoms with Crippen molar-refractivity contribution in [1.29, 1.82) is 0 Å². The molecule has 0 saturated carbocycles. The van der Waals surface area contributed by atoms with Crippen LogP contribution in [0, 0.1) is 0 Å². The summed E-state index contributed by atoms with van der Waals surface area (Å²) in [4.78, 5) is 54.2. The smallest absolute Gasteiger partial charge is 0.329 e. The summed E-state index contributed by atoms with van der Waals surface area (Å²) in [6.45, 7) is 1.64. The molecule has 2 aliphatic rings. The Balaban J connectivity index is 1.07. The molecule has 0 spiro atoms. The molecule has 2 saturated heterocycles. The van der Waals surface area contributed by atoms with E-state index < -0.39 is 12.1 Å². The monoisotopic (exact) mass is 562 g/mol. The van der Waals surface area contributed by atoms with E-state index in [1.165, 1.54) is 0 Å². The van der Waals surface area contributed by atoms with Gasteiger partial charge in [0.25, 0.3) is 0 Å². The molecule has 2 amide bonds. The van der Waals surface area contributed by atoms with Crippen molar-refractivity contribution in [3.05, 3.63) is 71.8 Å². The fourth-order valence-corrected chi connectivity index (χ4v) is 5.64. The van der Waals surface area contributed by atoms with Crippen LogP contribution in [0.4, 0.5) is 0 Å². The van der Waals surface area contributed by atoms with Crippen molar-refractivity contribution in [3.63, 3.8) is 0 Å². The molecule has 2 atom stereocenters. The van der Waals surface area contributed by atoms with Crippen LogP contribution in [-0.4, -0.2) is 58.7 Å². The summed E-state index contributed by atoms with van der Waals surface area (Å²) in [7, 11) is 0. The van der Waals surface area contributed by atoms with Gasteiger partial charge in [0.2, 0.25) is 11.8 Å². The van der Waals surface area contributed by atoms with E-state index in [1.54, 1.807) is 9.80 Å². The van der Waals surface area contributed by atoms with Crippen LogP contribution in [0.1, 0.15) is 81.8 Å². The highest BCUT2D eigenvalue weighted by atomic mass is 16.5. The lowest BCUT2D eigenvalue weighted by Crippen LogP contribution is -2.41. The van der Waals surface area contributed by atoms with Crippen molar-refractivity contribution in [2.75, 3.05) is 13.1 Å². The van der Waals surface area contributed by atoms with Gasteiger partial charge in [0.05, 0.1) is 0 Å². The molecule has 2 aromatic rings. The van der Waals surface area contributed by atoms with Gasteiger partial charge < -0.3 is 19.3 Å². The first kappa shape index (κ1) is 30.3. The van der Waals surface area contributed by atoms with E-state index in [0.717, 1.165) is 56.1 Å². The van der Waals surface area contributed by atoms with Gasteiger partial charge in [-0.1, -0.05) is 79.9 Å². The fourth-order valence-electron chi connectivity index (χ4n) is 5.64. The largest absolute Gasteiger partial charge is 0.459 e. The van der Waals surface area contributed by atoms with Gasteiger partial charge >= 0.3 is 11.9 Å². The van der Waals surface area contributed by atoms with Crippen LogP contribution in [0.25, 0.3) is 0 Å². The molecule has 8 nitrogen and oxygen atoms in total. The van der Waals surface area contributed by atoms with E-state index >= 15 is 0 Å². The lowest BCUT2D eigenvalue weighted by atomic mass is 10.1. The molecule has 0 aliphatic carbocycles. The van der Waals surface area contributed by atoms with Crippen LogP contribution in [0.2, 0.25) is 0 Å². The van der Waals surface area contributed by atoms with Crippen molar-refractivity contribution in [2.45, 2.75) is 95.9 Å². The molecule has 2 aliphatic heterocycles. The van der Waals surface area contributed by atoms with Crippen molar-refractivity contribution in [2.24, 2.45) is 0 Å². The number of carbonyl (C=O) groups is 4. The molecular weight excluding hydrogens is 520 g/mol. The van der Waals surface area contributed by atoms with Gasteiger partial charge in [-0.05, 0) is 49.7 Å². The lowest BCUT2D eigenvalue weighted by molar-refractivity contribution is -0.154. The standard InChI is InChI=1S/C33H42N2O6/c36-30(34-22-12-18-28(34)32(38)40-24-26-14-6-4-7-15-26)20-10-2-1-3-11-21-31(37)35-23-13-19-29(35)33(39)41-25-27-16-8-5-9-17-27/h4-9,14-17,28-29H,1-3,10-13,18-25H2/t28-,29-/m1/s1. The Labute approximate surface area is 243 Å². The summed E-state index contributed by atoms with van der Waals surface area (Å²) in [6.07, 6.45) is 8.01. The second kappa shape index (κ2) is 15.9. The number of amides is 2. The van der Waals surface area contributed by atoms with Gasteiger partial charge in [-0.3, -0.25) is 9.59 Å². The average molecular weight is 563 g/mol. The Morgan fingerprint density at radius 1 is 0.585 bits per heavy atom. The number of rotatable bonds is 14. The van der Waals surface area contributed by atoms with Crippen LogP contribution in [0.5, 0.6) is 0 Å². The normalized spacial score (nSPS) is 18.3. The van der Waals surface area contributed by atoms with Gasteiger partial charge in [0, 0.05) is 25.9 Å². The van der Waals surface area contributed by atoms with E-state index in [1.807, 2.05) is 60.7 Å². The SMILES string of the molecule is O=C(OCc1ccccc1)[C@H]1CCCN1C(=O)CCCCCCCC(=O)N1CCC[C@@H]1C(=O)OCc1ccccc1. The molecule has 2 aromatic carbocycles. The predicted octanol–water partition coefficient (Wildman–Crippen LogP) is 5.19. The topological polar surface area (TPSA) is 93.2 Å². The number of nitrogens with zero attached hydrogens (tertiary/aromatic N) is 2. The van der Waals surface area contributed by atoms with Gasteiger partial charge in [-0.15, -0.1) is 0 Å². The number of ether oxygens (including phenoxy) is 2. The third-order valence-corrected chi connectivity index (χ3v) is 7.92. The summed E-state index contributed by atoms with van der Waals surface area (Å²) in [5.41, 5.74) is 1.86. The molecule has 0 aromatic heterocycles. The summed E-state index contributed by atoms with van der Waals surface area (Å²) >= 11 is 0. The highest BCUT2D eigenvalue weighted by Crippen LogP contribution is 2.23. The number of carbonyl (C=O) groups excluding carboxylic acids is 4. The van der Waals surface area contributed by atoms with E-state index in [9.17, 15) is 19.2 Å². The van der Waals surface area contributed by atoms with E-state index in [0.29, 0.717) is 38.8 Å². The fraction of sp³-hybridized carbons (Fsp3) is 0.515. The summed E-state index contributed by atoms with van der Waals surface area (Å²) in [5.74, 6) is -0.625. The Morgan fingerprint density at radius 3 is 1.39 bits per heavy atom. The minimum atomic E-state index is -0.484. The number of likely N-dealkylation sites (tertiary alicyclic amines) is 2. The molecule has 2 heterocycles. The Bertz CT molecular complexity index is 1050. The van der Waals surface area contributed by atoms with Crippen molar-refractivity contribution in [1.82, 2.24) is 9.80 Å². The average Bonchev–Trinajstić information content (AvgIpc) is 3.70. The molecule has 4 rings (SSSR count). The third kappa shape index (κ3) is 9.17. The van der Waals surface area contributed by atoms with Crippen LogP contribution < -0.4 is 0 Å². The van der Waals surface area contributed by atoms with Crippen molar-refractivity contribution >= 4 is 23.8 Å². The number of benzene rings is 2. The van der Waals surface area contributed by atoms with E-state index in [-0.39, 0.29) is 37.0 Å². The first-order valence-electron chi connectivity index (χ1n) is 15.0. The van der Waals surface area contributed by atoms with Gasteiger partial charge in [-0.25, -0.2) is 9.59 Å². The molecule has 0 N–H and O–H groups in total. The molecule has 2 fully saturated rings. The lowest BCUT2D eigenvalue weighted by Gasteiger charge is -2.23. The Kier molecular flexibility index (Phi) is 11.8. The van der Waals surface area contributed by atoms with E-state index in [4.69, 9.17) is 9.47 Å². The number of hydrogen-bond donors (Lipinski definition) is 0. The minimum Gasteiger partial charge on any atom is -0.459 e. The van der Waals surface area contributed by atoms with Crippen LogP contribution in [0.15, 0.2) is 60.7 Å². The van der Waals surface area contributed by atoms with Crippen molar-refractivity contribution in [3.8, 4) is 0 Å². The first-order valence-corrected chi connectivity index (χ1v) is 15.0. The van der Waals surface area contributed by atoms with Gasteiger partial charge in [-0.2, -0.15) is 0 Å². The molecule has 0 bridgehead atoms. The molecular formula is C33H42N2O6. The van der Waals surface area contributed by atoms with Gasteiger partial charge in [0.15, 0.2) is 0 Å². The second-order valence-corrected chi connectivity index (χ2v) is 10.9. The summed E-state index contributed by atoms with van der Waals surface area (Å²) < 4.78 is 11.0. The maximum Gasteiger partial charge on any atom is 0.329 e. The zero-order valence-corrected chi connectivity index (χ0v) is 23.9. The minimum absolute atomic E-state index is 0.0126. The Morgan fingerprint density at radius 2 is 0.976 bits per heavy atom. The quantitative estimate of drug-likeness (QED) is 0.233. The third-order valence-electron chi connectivity index (χ3n) is 7.92. The number of hydrogen-bond acceptors (Lipinski definition) is 6. The zero-order chi connectivity index (χ0) is 28.9. The van der Waals surface area contributed by atoms with Crippen LogP contribution in [0.3, 0.4) is 0 Å². The van der Waals surface area contributed by atoms with Gasteiger partial charge in [0.1, 0.15) is 25.3 Å². The van der Waals surface area contributed by atoms with Crippen LogP contribution >= 0.6 is 0 Å². The van der Waals surface area contributed by atoms with Crippen molar-refractivity contribution < 1.29 is 28.7 Å². The predicted molar refractivity (Wildman–Crippen MR) is 154 cm³/mol. The molecule has 8 heteroatoms. The maximum absolute atomic E-state index is 12.8. The van der Waals surface area contributed by atoms with Crippen LogP contribution in [-0.2, 0) is 41.9 Å². The molecule has 41 heavy (non-hydrogen) atoms. The summed E-state index contributed by atoms with van der Waals surface area (Å²) in [5, 5.41) is 0. The Hall–Kier alpha value is -3.68. The number of unbranched alkanes of at least 4 members (excludes halogenated alkanes) is 4. The molecule has 0 unspecified atom stereocenters. The zero-order valence-electron chi connectivity index (χ0n) is 23.9. The number of esters is 2. The first-order chi connectivity index (χ1) is 20.0. The van der Waals surface area contributed by atoms with E-state index in [2.05, 4.69) is 0 Å². The summed E-state index contributed by atoms with van der Waals surface area (Å²) in [6, 6.07) is 18.1. The highest BCUT2D eigenvalue weighted by Gasteiger charge is 2.36. The molecule has 220 valence electrons. The highest BCUT2D eigenvalue weighted by molar-refractivity contribution is 5.86. The second-order valence-electron chi connectivity index (χ2n) is 10.9. The maximum atomic E-state index is 12.8.